The van der Waals surface area contributed by atoms with Crippen molar-refractivity contribution in [3.63, 3.8) is 0 Å². The molecule has 0 heterocycles. The zero-order valence-corrected chi connectivity index (χ0v) is 14.1. The highest BCUT2D eigenvalue weighted by Gasteiger charge is 2.27. The number of hydrogen-bond donors (Lipinski definition) is 1. The van der Waals surface area contributed by atoms with E-state index in [0.29, 0.717) is 5.92 Å². The molecule has 0 fully saturated rings. The lowest BCUT2D eigenvalue weighted by Crippen LogP contribution is -2.45. The topological polar surface area (TPSA) is 26.0 Å². The van der Waals surface area contributed by atoms with Crippen LogP contribution in [0.4, 0.5) is 0 Å². The first-order valence-electron chi connectivity index (χ1n) is 7.94. The maximum atomic E-state index is 6.54. The third-order valence-corrected chi connectivity index (χ3v) is 6.22. The van der Waals surface area contributed by atoms with E-state index in [9.17, 15) is 0 Å². The minimum Gasteiger partial charge on any atom is -0.325 e. The second kappa shape index (κ2) is 10.1. The summed E-state index contributed by atoms with van der Waals surface area (Å²) in [5.74, 6) is 1.96. The molecule has 18 heavy (non-hydrogen) atoms. The molecule has 2 atom stereocenters. The Morgan fingerprint density at radius 1 is 1.00 bits per heavy atom. The quantitative estimate of drug-likeness (QED) is 0.521. The molecule has 0 bridgehead atoms. The second-order valence-corrected chi connectivity index (χ2v) is 7.07. The molecule has 0 aromatic heterocycles. The highest BCUT2D eigenvalue weighted by Crippen LogP contribution is 2.28. The van der Waals surface area contributed by atoms with Crippen LogP contribution in [0.3, 0.4) is 0 Å². The van der Waals surface area contributed by atoms with Crippen LogP contribution in [0.25, 0.3) is 0 Å². The van der Waals surface area contributed by atoms with Gasteiger partial charge in [-0.3, -0.25) is 0 Å². The zero-order valence-electron chi connectivity index (χ0n) is 13.3. The van der Waals surface area contributed by atoms with E-state index in [-0.39, 0.29) is 5.54 Å². The van der Waals surface area contributed by atoms with Crippen molar-refractivity contribution in [2.24, 2.45) is 11.7 Å². The highest BCUT2D eigenvalue weighted by atomic mass is 32.2. The number of thioether (sulfide) groups is 1. The monoisotopic (exact) mass is 273 g/mol. The summed E-state index contributed by atoms with van der Waals surface area (Å²) in [6.45, 7) is 11.4. The van der Waals surface area contributed by atoms with E-state index in [1.807, 2.05) is 0 Å². The molecular weight excluding hydrogens is 238 g/mol. The Morgan fingerprint density at radius 2 is 1.61 bits per heavy atom. The van der Waals surface area contributed by atoms with E-state index in [2.05, 4.69) is 46.4 Å². The minimum absolute atomic E-state index is 0.0777. The Balaban J connectivity index is 3.81. The molecule has 0 saturated heterocycles. The van der Waals surface area contributed by atoms with E-state index in [1.165, 1.54) is 44.3 Å². The van der Waals surface area contributed by atoms with Crippen molar-refractivity contribution < 1.29 is 0 Å². The van der Waals surface area contributed by atoms with Gasteiger partial charge in [-0.05, 0) is 43.8 Å². The third kappa shape index (κ3) is 6.47. The normalized spacial score (nSPS) is 16.8. The summed E-state index contributed by atoms with van der Waals surface area (Å²) >= 11 is 2.15. The van der Waals surface area contributed by atoms with Gasteiger partial charge in [-0.2, -0.15) is 11.8 Å². The minimum atomic E-state index is 0.0777. The molecule has 0 aliphatic heterocycles. The molecule has 0 spiro atoms. The first-order chi connectivity index (χ1) is 8.53. The molecule has 0 rings (SSSR count). The van der Waals surface area contributed by atoms with Crippen LogP contribution in [-0.2, 0) is 0 Å². The van der Waals surface area contributed by atoms with Gasteiger partial charge in [0, 0.05) is 10.8 Å². The van der Waals surface area contributed by atoms with Gasteiger partial charge in [0.2, 0.25) is 0 Å². The van der Waals surface area contributed by atoms with Crippen LogP contribution in [0.2, 0.25) is 0 Å². The van der Waals surface area contributed by atoms with Crippen LogP contribution >= 0.6 is 11.8 Å². The van der Waals surface area contributed by atoms with Gasteiger partial charge in [0.15, 0.2) is 0 Å². The first-order valence-corrected chi connectivity index (χ1v) is 8.99. The SMILES string of the molecule is CCC(CC)SCCCCC(N)(CC)C(C)CC. The summed E-state index contributed by atoms with van der Waals surface area (Å²) in [6.07, 6.45) is 8.75. The standard InChI is InChI=1S/C16H35NS/c1-6-14(5)16(17,9-4)12-10-11-13-18-15(7-2)8-3/h14-15H,6-13,17H2,1-5H3. The Kier molecular flexibility index (Phi) is 10.3. The summed E-state index contributed by atoms with van der Waals surface area (Å²) in [4.78, 5) is 0. The predicted molar refractivity (Wildman–Crippen MR) is 87.3 cm³/mol. The van der Waals surface area contributed by atoms with Crippen molar-refractivity contribution >= 4 is 11.8 Å². The Bertz CT molecular complexity index is 192. The molecule has 0 radical (unpaired) electrons. The molecule has 0 aromatic carbocycles. The second-order valence-electron chi connectivity index (χ2n) is 5.66. The van der Waals surface area contributed by atoms with Crippen molar-refractivity contribution in [3.05, 3.63) is 0 Å². The molecule has 1 nitrogen and oxygen atoms in total. The van der Waals surface area contributed by atoms with Crippen molar-refractivity contribution in [3.8, 4) is 0 Å². The van der Waals surface area contributed by atoms with Gasteiger partial charge in [-0.15, -0.1) is 0 Å². The molecule has 2 N–H and O–H groups in total. The predicted octanol–water partition coefficient (Wildman–Crippen LogP) is 5.23. The molecule has 0 amide bonds. The summed E-state index contributed by atoms with van der Waals surface area (Å²) in [6, 6.07) is 0. The Labute approximate surface area is 120 Å². The van der Waals surface area contributed by atoms with Gasteiger partial charge in [-0.25, -0.2) is 0 Å². The third-order valence-electron chi connectivity index (χ3n) is 4.55. The molecule has 0 aliphatic rings. The lowest BCUT2D eigenvalue weighted by molar-refractivity contribution is 0.248. The number of hydrogen-bond acceptors (Lipinski definition) is 2. The van der Waals surface area contributed by atoms with Crippen LogP contribution in [0, 0.1) is 5.92 Å². The van der Waals surface area contributed by atoms with E-state index in [1.54, 1.807) is 0 Å². The van der Waals surface area contributed by atoms with Crippen LogP contribution in [0.15, 0.2) is 0 Å². The van der Waals surface area contributed by atoms with Crippen molar-refractivity contribution in [2.45, 2.75) is 90.4 Å². The molecule has 2 heteroatoms. The van der Waals surface area contributed by atoms with Crippen molar-refractivity contribution in [2.75, 3.05) is 5.75 Å². The summed E-state index contributed by atoms with van der Waals surface area (Å²) in [5.41, 5.74) is 6.62. The molecular formula is C16H35NS. The van der Waals surface area contributed by atoms with E-state index >= 15 is 0 Å². The van der Waals surface area contributed by atoms with Gasteiger partial charge in [-0.1, -0.05) is 47.5 Å². The van der Waals surface area contributed by atoms with Gasteiger partial charge < -0.3 is 5.73 Å². The fourth-order valence-electron chi connectivity index (χ4n) is 2.51. The Morgan fingerprint density at radius 3 is 2.06 bits per heavy atom. The lowest BCUT2D eigenvalue weighted by atomic mass is 9.78. The van der Waals surface area contributed by atoms with Gasteiger partial charge in [0.1, 0.15) is 0 Å². The van der Waals surface area contributed by atoms with Gasteiger partial charge in [0.25, 0.3) is 0 Å². The molecule has 0 aliphatic carbocycles. The maximum Gasteiger partial charge on any atom is 0.0177 e. The maximum absolute atomic E-state index is 6.54. The average molecular weight is 274 g/mol. The van der Waals surface area contributed by atoms with Crippen LogP contribution in [0.1, 0.15) is 79.6 Å². The molecule has 0 saturated carbocycles. The first kappa shape index (κ1) is 18.3. The summed E-state index contributed by atoms with van der Waals surface area (Å²) < 4.78 is 0. The zero-order chi connectivity index (χ0) is 14.0. The van der Waals surface area contributed by atoms with Crippen LogP contribution in [-0.4, -0.2) is 16.5 Å². The van der Waals surface area contributed by atoms with E-state index in [0.717, 1.165) is 11.7 Å². The van der Waals surface area contributed by atoms with Gasteiger partial charge >= 0.3 is 0 Å². The lowest BCUT2D eigenvalue weighted by Gasteiger charge is -2.34. The number of unbranched alkanes of at least 4 members (excludes halogenated alkanes) is 1. The van der Waals surface area contributed by atoms with E-state index in [4.69, 9.17) is 5.73 Å². The van der Waals surface area contributed by atoms with Crippen molar-refractivity contribution in [1.82, 2.24) is 0 Å². The van der Waals surface area contributed by atoms with E-state index < -0.39 is 0 Å². The highest BCUT2D eigenvalue weighted by molar-refractivity contribution is 7.99. The van der Waals surface area contributed by atoms with Crippen LogP contribution in [0.5, 0.6) is 0 Å². The number of rotatable bonds is 11. The molecule has 110 valence electrons. The fraction of sp³-hybridized carbons (Fsp3) is 1.00. The summed E-state index contributed by atoms with van der Waals surface area (Å²) in [5, 5.41) is 0.869. The number of nitrogens with two attached hydrogens (primary N) is 1. The molecule has 2 unspecified atom stereocenters. The molecule has 0 aromatic rings. The fourth-order valence-corrected chi connectivity index (χ4v) is 3.68. The summed E-state index contributed by atoms with van der Waals surface area (Å²) in [7, 11) is 0. The largest absolute Gasteiger partial charge is 0.325 e. The average Bonchev–Trinajstić information content (AvgIpc) is 2.41. The van der Waals surface area contributed by atoms with Gasteiger partial charge in [0.05, 0.1) is 0 Å². The smallest absolute Gasteiger partial charge is 0.0177 e. The van der Waals surface area contributed by atoms with Crippen molar-refractivity contribution in [1.29, 1.82) is 0 Å². The Hall–Kier alpha value is 0.310. The van der Waals surface area contributed by atoms with Crippen LogP contribution < -0.4 is 5.73 Å².